The first-order valence-corrected chi connectivity index (χ1v) is 4.65. The van der Waals surface area contributed by atoms with Crippen molar-refractivity contribution in [3.63, 3.8) is 0 Å². The highest BCUT2D eigenvalue weighted by Crippen LogP contribution is 2.19. The van der Waals surface area contributed by atoms with E-state index in [0.29, 0.717) is 5.92 Å². The van der Waals surface area contributed by atoms with E-state index in [-0.39, 0.29) is 5.97 Å². The Balaban J connectivity index is 2.25. The van der Waals surface area contributed by atoms with Crippen LogP contribution in [0, 0.1) is 5.92 Å². The number of methoxy groups -OCH3 is 1. The molecule has 1 fully saturated rings. The van der Waals surface area contributed by atoms with Gasteiger partial charge in [0, 0.05) is 13.2 Å². The standard InChI is InChI=1S/C9H17NO3/c1-12-9(11)8(10)6-7-2-4-13-5-3-7/h7-8H,2-6,10H2,1H3. The molecule has 0 aromatic carbocycles. The van der Waals surface area contributed by atoms with Crippen molar-refractivity contribution in [3.8, 4) is 0 Å². The Kier molecular flexibility index (Phi) is 4.18. The van der Waals surface area contributed by atoms with Gasteiger partial charge in [0.05, 0.1) is 7.11 Å². The van der Waals surface area contributed by atoms with Gasteiger partial charge in [0.15, 0.2) is 0 Å². The van der Waals surface area contributed by atoms with Crippen molar-refractivity contribution in [2.45, 2.75) is 25.3 Å². The second-order valence-corrected chi connectivity index (χ2v) is 3.42. The average molecular weight is 187 g/mol. The van der Waals surface area contributed by atoms with Crippen molar-refractivity contribution in [2.75, 3.05) is 20.3 Å². The Hall–Kier alpha value is -0.610. The lowest BCUT2D eigenvalue weighted by atomic mass is 9.93. The van der Waals surface area contributed by atoms with E-state index in [9.17, 15) is 4.79 Å². The molecule has 1 aliphatic heterocycles. The normalized spacial score (nSPS) is 21.1. The molecule has 0 radical (unpaired) electrons. The van der Waals surface area contributed by atoms with Crippen LogP contribution in [-0.2, 0) is 14.3 Å². The summed E-state index contributed by atoms with van der Waals surface area (Å²) in [5, 5.41) is 0. The second-order valence-electron chi connectivity index (χ2n) is 3.42. The highest BCUT2D eigenvalue weighted by atomic mass is 16.5. The molecule has 0 amide bonds. The molecule has 76 valence electrons. The minimum atomic E-state index is -0.465. The molecule has 13 heavy (non-hydrogen) atoms. The fraction of sp³-hybridized carbons (Fsp3) is 0.889. The Labute approximate surface area is 78.4 Å². The van der Waals surface area contributed by atoms with Crippen LogP contribution in [0.3, 0.4) is 0 Å². The van der Waals surface area contributed by atoms with Crippen LogP contribution in [-0.4, -0.2) is 32.3 Å². The first-order valence-electron chi connectivity index (χ1n) is 4.65. The predicted octanol–water partition coefficient (Wildman–Crippen LogP) is 0.303. The van der Waals surface area contributed by atoms with Gasteiger partial charge in [-0.05, 0) is 25.2 Å². The summed E-state index contributed by atoms with van der Waals surface area (Å²) < 4.78 is 9.77. The third kappa shape index (κ3) is 3.32. The first kappa shape index (κ1) is 10.5. The third-order valence-corrected chi connectivity index (χ3v) is 2.43. The Morgan fingerprint density at radius 2 is 2.23 bits per heavy atom. The summed E-state index contributed by atoms with van der Waals surface area (Å²) >= 11 is 0. The molecule has 0 aromatic heterocycles. The fourth-order valence-corrected chi connectivity index (χ4v) is 1.59. The van der Waals surface area contributed by atoms with E-state index in [1.165, 1.54) is 7.11 Å². The van der Waals surface area contributed by atoms with Crippen LogP contribution >= 0.6 is 0 Å². The largest absolute Gasteiger partial charge is 0.468 e. The Morgan fingerprint density at radius 1 is 1.62 bits per heavy atom. The molecular weight excluding hydrogens is 170 g/mol. The lowest BCUT2D eigenvalue weighted by Gasteiger charge is -2.23. The van der Waals surface area contributed by atoms with Gasteiger partial charge in [0.1, 0.15) is 6.04 Å². The van der Waals surface area contributed by atoms with Gasteiger partial charge in [0.2, 0.25) is 0 Å². The summed E-state index contributed by atoms with van der Waals surface area (Å²) in [6.45, 7) is 1.58. The molecule has 4 nitrogen and oxygen atoms in total. The number of hydrogen-bond donors (Lipinski definition) is 1. The smallest absolute Gasteiger partial charge is 0.322 e. The number of carbonyl (C=O) groups is 1. The van der Waals surface area contributed by atoms with Gasteiger partial charge in [0.25, 0.3) is 0 Å². The van der Waals surface area contributed by atoms with Crippen LogP contribution in [0.2, 0.25) is 0 Å². The molecule has 2 N–H and O–H groups in total. The van der Waals surface area contributed by atoms with E-state index < -0.39 is 6.04 Å². The van der Waals surface area contributed by atoms with E-state index in [1.54, 1.807) is 0 Å². The molecule has 1 aliphatic rings. The lowest BCUT2D eigenvalue weighted by Crippen LogP contribution is -2.35. The van der Waals surface area contributed by atoms with Crippen molar-refractivity contribution in [3.05, 3.63) is 0 Å². The maximum absolute atomic E-state index is 11.0. The molecular formula is C9H17NO3. The van der Waals surface area contributed by atoms with Gasteiger partial charge in [-0.3, -0.25) is 4.79 Å². The molecule has 0 saturated carbocycles. The van der Waals surface area contributed by atoms with Crippen LogP contribution < -0.4 is 5.73 Å². The maximum Gasteiger partial charge on any atom is 0.322 e. The Morgan fingerprint density at radius 3 is 2.77 bits per heavy atom. The minimum absolute atomic E-state index is 0.313. The number of esters is 1. The molecule has 1 atom stereocenters. The van der Waals surface area contributed by atoms with Crippen molar-refractivity contribution in [2.24, 2.45) is 11.7 Å². The van der Waals surface area contributed by atoms with Crippen LogP contribution in [0.1, 0.15) is 19.3 Å². The molecule has 0 spiro atoms. The van der Waals surface area contributed by atoms with Crippen LogP contribution in [0.4, 0.5) is 0 Å². The zero-order valence-electron chi connectivity index (χ0n) is 7.99. The quantitative estimate of drug-likeness (QED) is 0.646. The van der Waals surface area contributed by atoms with E-state index in [1.807, 2.05) is 0 Å². The zero-order chi connectivity index (χ0) is 9.68. The monoisotopic (exact) mass is 187 g/mol. The molecule has 0 aromatic rings. The van der Waals surface area contributed by atoms with Gasteiger partial charge in [-0.15, -0.1) is 0 Å². The number of nitrogens with two attached hydrogens (primary N) is 1. The van der Waals surface area contributed by atoms with Gasteiger partial charge < -0.3 is 15.2 Å². The van der Waals surface area contributed by atoms with Gasteiger partial charge in [-0.2, -0.15) is 0 Å². The van der Waals surface area contributed by atoms with Crippen LogP contribution in [0.25, 0.3) is 0 Å². The Bertz CT molecular complexity index is 166. The number of ether oxygens (including phenoxy) is 2. The molecule has 1 heterocycles. The summed E-state index contributed by atoms with van der Waals surface area (Å²) in [7, 11) is 1.37. The molecule has 1 rings (SSSR count). The first-order chi connectivity index (χ1) is 6.24. The number of carbonyl (C=O) groups excluding carboxylic acids is 1. The molecule has 1 saturated heterocycles. The molecule has 1 unspecified atom stereocenters. The van der Waals surface area contributed by atoms with Crippen molar-refractivity contribution in [1.29, 1.82) is 0 Å². The van der Waals surface area contributed by atoms with Crippen LogP contribution in [0.5, 0.6) is 0 Å². The van der Waals surface area contributed by atoms with E-state index >= 15 is 0 Å². The van der Waals surface area contributed by atoms with Crippen molar-refractivity contribution in [1.82, 2.24) is 0 Å². The predicted molar refractivity (Wildman–Crippen MR) is 48.2 cm³/mol. The molecule has 4 heteroatoms. The average Bonchev–Trinajstić information content (AvgIpc) is 2.18. The summed E-state index contributed by atoms with van der Waals surface area (Å²) in [6, 6.07) is -0.465. The van der Waals surface area contributed by atoms with Crippen molar-refractivity contribution < 1.29 is 14.3 Å². The minimum Gasteiger partial charge on any atom is -0.468 e. The van der Waals surface area contributed by atoms with Gasteiger partial charge in [-0.1, -0.05) is 0 Å². The SMILES string of the molecule is COC(=O)C(N)CC1CCOCC1. The van der Waals surface area contributed by atoms with E-state index in [4.69, 9.17) is 10.5 Å². The van der Waals surface area contributed by atoms with E-state index in [2.05, 4.69) is 4.74 Å². The van der Waals surface area contributed by atoms with Gasteiger partial charge >= 0.3 is 5.97 Å². The number of hydrogen-bond acceptors (Lipinski definition) is 4. The molecule has 0 bridgehead atoms. The summed E-state index contributed by atoms with van der Waals surface area (Å²) in [5.41, 5.74) is 5.64. The summed E-state index contributed by atoms with van der Waals surface area (Å²) in [4.78, 5) is 11.0. The van der Waals surface area contributed by atoms with Gasteiger partial charge in [-0.25, -0.2) is 0 Å². The van der Waals surface area contributed by atoms with Crippen molar-refractivity contribution >= 4 is 5.97 Å². The topological polar surface area (TPSA) is 61.5 Å². The third-order valence-electron chi connectivity index (χ3n) is 2.43. The van der Waals surface area contributed by atoms with E-state index in [0.717, 1.165) is 32.5 Å². The van der Waals surface area contributed by atoms with Crippen LogP contribution in [0.15, 0.2) is 0 Å². The summed E-state index contributed by atoms with van der Waals surface area (Å²) in [5.74, 6) is 0.203. The summed E-state index contributed by atoms with van der Waals surface area (Å²) in [6.07, 6.45) is 2.73. The lowest BCUT2D eigenvalue weighted by molar-refractivity contribution is -0.142. The maximum atomic E-state index is 11.0. The highest BCUT2D eigenvalue weighted by Gasteiger charge is 2.21. The second kappa shape index (κ2) is 5.19. The number of rotatable bonds is 3. The zero-order valence-corrected chi connectivity index (χ0v) is 7.99. The highest BCUT2D eigenvalue weighted by molar-refractivity contribution is 5.75. The fourth-order valence-electron chi connectivity index (χ4n) is 1.59. The molecule has 0 aliphatic carbocycles.